The highest BCUT2D eigenvalue weighted by Gasteiger charge is 2.28. The third-order valence-electron chi connectivity index (χ3n) is 3.81. The predicted molar refractivity (Wildman–Crippen MR) is 83.5 cm³/mol. The summed E-state index contributed by atoms with van der Waals surface area (Å²) < 4.78 is 1.10. The molecule has 100 valence electrons. The normalized spacial score (nSPS) is 22.8. The van der Waals surface area contributed by atoms with Crippen LogP contribution >= 0.6 is 27.5 Å². The standard InChI is InChI=1S/C15H21BrClN/c1-10-7-12(16)14(8-13(10)17)18-11-5-4-6-15(2,3)9-11/h7-8,11,18H,4-6,9H2,1-3H3. The zero-order valence-electron chi connectivity index (χ0n) is 11.3. The monoisotopic (exact) mass is 329 g/mol. The minimum absolute atomic E-state index is 0.455. The van der Waals surface area contributed by atoms with Gasteiger partial charge < -0.3 is 5.32 Å². The molecule has 1 saturated carbocycles. The van der Waals surface area contributed by atoms with Gasteiger partial charge in [0.25, 0.3) is 0 Å². The first-order valence-corrected chi connectivity index (χ1v) is 7.77. The van der Waals surface area contributed by atoms with Crippen molar-refractivity contribution in [2.24, 2.45) is 5.41 Å². The van der Waals surface area contributed by atoms with Crippen LogP contribution in [0.3, 0.4) is 0 Å². The van der Waals surface area contributed by atoms with Crippen LogP contribution in [0.5, 0.6) is 0 Å². The Kier molecular flexibility index (Phi) is 4.28. The molecule has 1 unspecified atom stereocenters. The van der Waals surface area contributed by atoms with Crippen molar-refractivity contribution in [2.75, 3.05) is 5.32 Å². The molecule has 1 fully saturated rings. The second kappa shape index (κ2) is 5.42. The van der Waals surface area contributed by atoms with Gasteiger partial charge in [-0.25, -0.2) is 0 Å². The Labute approximate surface area is 123 Å². The smallest absolute Gasteiger partial charge is 0.0501 e. The number of anilines is 1. The molecule has 0 radical (unpaired) electrons. The topological polar surface area (TPSA) is 12.0 Å². The van der Waals surface area contributed by atoms with Gasteiger partial charge in [0.1, 0.15) is 0 Å². The van der Waals surface area contributed by atoms with Crippen molar-refractivity contribution in [3.05, 3.63) is 27.2 Å². The predicted octanol–water partition coefficient (Wildman–Crippen LogP) is 5.79. The largest absolute Gasteiger partial charge is 0.381 e. The van der Waals surface area contributed by atoms with E-state index < -0.39 is 0 Å². The van der Waals surface area contributed by atoms with E-state index in [1.165, 1.54) is 25.7 Å². The first kappa shape index (κ1) is 14.2. The summed E-state index contributed by atoms with van der Waals surface area (Å²) in [5.74, 6) is 0. The molecule has 0 aliphatic heterocycles. The van der Waals surface area contributed by atoms with Crippen LogP contribution in [0.25, 0.3) is 0 Å². The summed E-state index contributed by atoms with van der Waals surface area (Å²) in [5, 5.41) is 4.47. The third-order valence-corrected chi connectivity index (χ3v) is 4.88. The lowest BCUT2D eigenvalue weighted by molar-refractivity contribution is 0.229. The van der Waals surface area contributed by atoms with Crippen LogP contribution < -0.4 is 5.32 Å². The second-order valence-electron chi connectivity index (χ2n) is 6.18. The van der Waals surface area contributed by atoms with E-state index >= 15 is 0 Å². The molecule has 1 aromatic rings. The molecule has 1 N–H and O–H groups in total. The summed E-state index contributed by atoms with van der Waals surface area (Å²) in [6.07, 6.45) is 5.12. The molecule has 1 aromatic carbocycles. The molecule has 0 amide bonds. The van der Waals surface area contributed by atoms with E-state index in [1.807, 2.05) is 13.0 Å². The van der Waals surface area contributed by atoms with Gasteiger partial charge in [0.15, 0.2) is 0 Å². The van der Waals surface area contributed by atoms with Gasteiger partial charge >= 0.3 is 0 Å². The van der Waals surface area contributed by atoms with Crippen LogP contribution in [0.4, 0.5) is 5.69 Å². The van der Waals surface area contributed by atoms with Gasteiger partial charge in [0.2, 0.25) is 0 Å². The quantitative estimate of drug-likeness (QED) is 0.723. The van der Waals surface area contributed by atoms with Crippen molar-refractivity contribution in [2.45, 2.75) is 52.5 Å². The van der Waals surface area contributed by atoms with Gasteiger partial charge in [0.05, 0.1) is 5.69 Å². The molecule has 0 saturated heterocycles. The van der Waals surface area contributed by atoms with E-state index in [9.17, 15) is 0 Å². The Hall–Kier alpha value is -0.210. The molecule has 2 rings (SSSR count). The summed E-state index contributed by atoms with van der Waals surface area (Å²) in [5.41, 5.74) is 2.68. The molecule has 0 aromatic heterocycles. The van der Waals surface area contributed by atoms with Crippen LogP contribution in [0.15, 0.2) is 16.6 Å². The number of hydrogen-bond acceptors (Lipinski definition) is 1. The van der Waals surface area contributed by atoms with E-state index in [2.05, 4.69) is 41.2 Å². The number of nitrogens with one attached hydrogen (secondary N) is 1. The van der Waals surface area contributed by atoms with Crippen LogP contribution in [0, 0.1) is 12.3 Å². The SMILES string of the molecule is Cc1cc(Br)c(NC2CCCC(C)(C)C2)cc1Cl. The van der Waals surface area contributed by atoms with Gasteiger partial charge in [-0.1, -0.05) is 31.9 Å². The lowest BCUT2D eigenvalue weighted by Gasteiger charge is -2.36. The number of hydrogen-bond donors (Lipinski definition) is 1. The minimum Gasteiger partial charge on any atom is -0.381 e. The number of halogens is 2. The minimum atomic E-state index is 0.455. The molecule has 1 aliphatic carbocycles. The lowest BCUT2D eigenvalue weighted by Crippen LogP contribution is -2.31. The first-order chi connectivity index (χ1) is 8.37. The van der Waals surface area contributed by atoms with Gasteiger partial charge in [0, 0.05) is 15.5 Å². The van der Waals surface area contributed by atoms with Gasteiger partial charge in [-0.2, -0.15) is 0 Å². The second-order valence-corrected chi connectivity index (χ2v) is 7.44. The van der Waals surface area contributed by atoms with Gasteiger partial charge in [-0.05, 0) is 65.2 Å². The number of benzene rings is 1. The Bertz CT molecular complexity index is 442. The molecule has 1 aliphatic rings. The van der Waals surface area contributed by atoms with Gasteiger partial charge in [-0.3, -0.25) is 0 Å². The van der Waals surface area contributed by atoms with Crippen molar-refractivity contribution < 1.29 is 0 Å². The highest BCUT2D eigenvalue weighted by molar-refractivity contribution is 9.10. The summed E-state index contributed by atoms with van der Waals surface area (Å²) in [6, 6.07) is 4.67. The lowest BCUT2D eigenvalue weighted by atomic mass is 9.75. The first-order valence-electron chi connectivity index (χ1n) is 6.59. The highest BCUT2D eigenvalue weighted by atomic mass is 79.9. The van der Waals surface area contributed by atoms with E-state index in [4.69, 9.17) is 11.6 Å². The van der Waals surface area contributed by atoms with Crippen molar-refractivity contribution in [1.82, 2.24) is 0 Å². The zero-order valence-corrected chi connectivity index (χ0v) is 13.7. The highest BCUT2D eigenvalue weighted by Crippen LogP contribution is 2.38. The van der Waals surface area contributed by atoms with Crippen LogP contribution in [0.2, 0.25) is 5.02 Å². The molecule has 0 heterocycles. The van der Waals surface area contributed by atoms with Crippen LogP contribution in [-0.4, -0.2) is 6.04 Å². The van der Waals surface area contributed by atoms with Crippen molar-refractivity contribution in [3.8, 4) is 0 Å². The fourth-order valence-corrected chi connectivity index (χ4v) is 3.53. The molecule has 1 atom stereocenters. The fraction of sp³-hybridized carbons (Fsp3) is 0.600. The molecule has 0 spiro atoms. The van der Waals surface area contributed by atoms with Crippen molar-refractivity contribution >= 4 is 33.2 Å². The Morgan fingerprint density at radius 1 is 1.39 bits per heavy atom. The molecule has 0 bridgehead atoms. The maximum atomic E-state index is 6.20. The number of aryl methyl sites for hydroxylation is 1. The van der Waals surface area contributed by atoms with E-state index in [-0.39, 0.29) is 0 Å². The average Bonchev–Trinajstić information content (AvgIpc) is 2.24. The Morgan fingerprint density at radius 2 is 2.11 bits per heavy atom. The molecule has 3 heteroatoms. The summed E-state index contributed by atoms with van der Waals surface area (Å²) >= 11 is 9.81. The molecular weight excluding hydrogens is 310 g/mol. The molecule has 1 nitrogen and oxygen atoms in total. The van der Waals surface area contributed by atoms with Gasteiger partial charge in [-0.15, -0.1) is 0 Å². The average molecular weight is 331 g/mol. The number of rotatable bonds is 2. The Balaban J connectivity index is 2.12. The zero-order chi connectivity index (χ0) is 13.3. The van der Waals surface area contributed by atoms with E-state index in [0.29, 0.717) is 11.5 Å². The maximum Gasteiger partial charge on any atom is 0.0501 e. The molecular formula is C15H21BrClN. The summed E-state index contributed by atoms with van der Waals surface area (Å²) in [6.45, 7) is 6.75. The third kappa shape index (κ3) is 3.42. The van der Waals surface area contributed by atoms with Crippen molar-refractivity contribution in [3.63, 3.8) is 0 Å². The molecule has 18 heavy (non-hydrogen) atoms. The van der Waals surface area contributed by atoms with Crippen molar-refractivity contribution in [1.29, 1.82) is 0 Å². The van der Waals surface area contributed by atoms with E-state index in [1.54, 1.807) is 0 Å². The Morgan fingerprint density at radius 3 is 2.78 bits per heavy atom. The summed E-state index contributed by atoms with van der Waals surface area (Å²) in [7, 11) is 0. The maximum absolute atomic E-state index is 6.20. The summed E-state index contributed by atoms with van der Waals surface area (Å²) in [4.78, 5) is 0. The van der Waals surface area contributed by atoms with E-state index in [0.717, 1.165) is 20.7 Å². The van der Waals surface area contributed by atoms with Crippen LogP contribution in [0.1, 0.15) is 45.1 Å². The van der Waals surface area contributed by atoms with Crippen LogP contribution in [-0.2, 0) is 0 Å². The fourth-order valence-electron chi connectivity index (χ4n) is 2.80.